The van der Waals surface area contributed by atoms with Gasteiger partial charge in [-0.2, -0.15) is 0 Å². The van der Waals surface area contributed by atoms with E-state index in [1.807, 2.05) is 24.3 Å². The summed E-state index contributed by atoms with van der Waals surface area (Å²) in [5.41, 5.74) is 0.934. The summed E-state index contributed by atoms with van der Waals surface area (Å²) in [6.45, 7) is 1.21. The highest BCUT2D eigenvalue weighted by molar-refractivity contribution is 9.10. The van der Waals surface area contributed by atoms with Crippen LogP contribution in [0, 0.1) is 0 Å². The summed E-state index contributed by atoms with van der Waals surface area (Å²) in [6.07, 6.45) is 3.90. The third-order valence-corrected chi connectivity index (χ3v) is 9.70. The minimum Gasteiger partial charge on any atom is -0.497 e. The predicted molar refractivity (Wildman–Crippen MR) is 165 cm³/mol. The average molecular weight is 659 g/mol. The molecule has 4 rings (SSSR count). The van der Waals surface area contributed by atoms with Crippen molar-refractivity contribution in [2.24, 2.45) is 0 Å². The fourth-order valence-corrected chi connectivity index (χ4v) is 6.69. The maximum atomic E-state index is 14.2. The Morgan fingerprint density at radius 2 is 1.64 bits per heavy atom. The highest BCUT2D eigenvalue weighted by atomic mass is 79.9. The number of halogens is 1. The Bertz CT molecular complexity index is 1480. The van der Waals surface area contributed by atoms with E-state index in [0.717, 1.165) is 40.0 Å². The second-order valence-electron chi connectivity index (χ2n) is 10.2. The molecule has 9 nitrogen and oxygen atoms in total. The van der Waals surface area contributed by atoms with Gasteiger partial charge in [0.2, 0.25) is 11.8 Å². The normalized spacial score (nSPS) is 14.2. The van der Waals surface area contributed by atoms with Gasteiger partial charge >= 0.3 is 0 Å². The number of carbonyl (C=O) groups is 2. The molecule has 2 amide bonds. The number of rotatable bonds is 12. The number of ether oxygens (including phenoxy) is 2. The quantitative estimate of drug-likeness (QED) is 0.289. The topological polar surface area (TPSA) is 105 Å². The van der Waals surface area contributed by atoms with Gasteiger partial charge in [0.05, 0.1) is 24.8 Å². The molecule has 42 heavy (non-hydrogen) atoms. The molecule has 1 unspecified atom stereocenters. The van der Waals surface area contributed by atoms with Gasteiger partial charge in [-0.1, -0.05) is 59.1 Å². The van der Waals surface area contributed by atoms with Crippen molar-refractivity contribution >= 4 is 43.5 Å². The van der Waals surface area contributed by atoms with Crippen LogP contribution in [0.15, 0.2) is 82.2 Å². The van der Waals surface area contributed by atoms with Crippen molar-refractivity contribution in [3.63, 3.8) is 0 Å². The zero-order valence-corrected chi connectivity index (χ0v) is 26.4. The molecule has 0 aliphatic heterocycles. The van der Waals surface area contributed by atoms with Crippen LogP contribution < -0.4 is 19.1 Å². The lowest BCUT2D eigenvalue weighted by molar-refractivity contribution is -0.139. The highest BCUT2D eigenvalue weighted by Gasteiger charge is 2.34. The van der Waals surface area contributed by atoms with Crippen molar-refractivity contribution in [2.75, 3.05) is 25.1 Å². The third kappa shape index (κ3) is 7.43. The van der Waals surface area contributed by atoms with Crippen molar-refractivity contribution in [2.45, 2.75) is 56.1 Å². The van der Waals surface area contributed by atoms with Crippen LogP contribution in [0.4, 0.5) is 5.69 Å². The second kappa shape index (κ2) is 14.1. The predicted octanol–water partition coefficient (Wildman–Crippen LogP) is 5.14. The van der Waals surface area contributed by atoms with Crippen LogP contribution in [0.25, 0.3) is 0 Å². The number of nitrogens with one attached hydrogen (secondary N) is 1. The summed E-state index contributed by atoms with van der Waals surface area (Å²) in [7, 11) is -1.34. The molecule has 0 bridgehead atoms. The summed E-state index contributed by atoms with van der Waals surface area (Å²) < 4.78 is 40.9. The van der Waals surface area contributed by atoms with Crippen LogP contribution in [0.1, 0.15) is 38.2 Å². The number of sulfonamides is 1. The number of hydrogen-bond donors (Lipinski definition) is 1. The van der Waals surface area contributed by atoms with Crippen molar-refractivity contribution in [3.05, 3.63) is 82.8 Å². The fourth-order valence-electron chi connectivity index (χ4n) is 4.99. The van der Waals surface area contributed by atoms with Crippen molar-refractivity contribution in [1.82, 2.24) is 10.2 Å². The largest absolute Gasteiger partial charge is 0.497 e. The van der Waals surface area contributed by atoms with Crippen molar-refractivity contribution in [3.8, 4) is 11.5 Å². The minimum atomic E-state index is -4.24. The molecule has 0 spiro atoms. The number of anilines is 1. The Kier molecular flexibility index (Phi) is 10.5. The zero-order chi connectivity index (χ0) is 30.3. The first-order valence-electron chi connectivity index (χ1n) is 13.8. The van der Waals surface area contributed by atoms with E-state index in [4.69, 9.17) is 9.47 Å². The molecule has 1 fully saturated rings. The van der Waals surface area contributed by atoms with Gasteiger partial charge in [0.1, 0.15) is 24.1 Å². The minimum absolute atomic E-state index is 0.00848. The van der Waals surface area contributed by atoms with Gasteiger partial charge in [-0.25, -0.2) is 8.42 Å². The van der Waals surface area contributed by atoms with Gasteiger partial charge in [-0.05, 0) is 61.7 Å². The number of nitrogens with zero attached hydrogens (tertiary/aromatic N) is 2. The first-order valence-corrected chi connectivity index (χ1v) is 16.0. The fraction of sp³-hybridized carbons (Fsp3) is 0.355. The molecular formula is C31H36BrN3O6S. The van der Waals surface area contributed by atoms with Crippen molar-refractivity contribution in [1.29, 1.82) is 0 Å². The molecule has 0 radical (unpaired) electrons. The molecule has 1 aliphatic carbocycles. The Labute approximate surface area is 256 Å². The van der Waals surface area contributed by atoms with E-state index in [1.165, 1.54) is 37.3 Å². The molecule has 1 saturated carbocycles. The standard InChI is InChI=1S/C31H36BrN3O6S/c1-22(31(37)33-25-9-7-8-10-25)34(20-23-13-15-24(32)16-14-23)30(36)21-35(42(38,39)27-11-5-4-6-12-27)28-19-26(40-2)17-18-29(28)41-3/h4-6,11-19,22,25H,7-10,20-21H2,1-3H3,(H,33,37). The third-order valence-electron chi connectivity index (χ3n) is 7.40. The maximum absolute atomic E-state index is 14.2. The van der Waals surface area contributed by atoms with Gasteiger partial charge in [0.25, 0.3) is 10.0 Å². The van der Waals surface area contributed by atoms with Gasteiger partial charge in [-0.15, -0.1) is 0 Å². The Balaban J connectivity index is 1.74. The molecule has 1 N–H and O–H groups in total. The van der Waals surface area contributed by atoms with Crippen LogP contribution in [0.5, 0.6) is 11.5 Å². The first kappa shape index (κ1) is 31.4. The summed E-state index contributed by atoms with van der Waals surface area (Å²) in [6, 6.07) is 19.3. The van der Waals surface area contributed by atoms with Crippen molar-refractivity contribution < 1.29 is 27.5 Å². The molecule has 3 aromatic carbocycles. The zero-order valence-electron chi connectivity index (χ0n) is 24.0. The van der Waals surface area contributed by atoms with Crippen LogP contribution in [0.3, 0.4) is 0 Å². The van der Waals surface area contributed by atoms with Gasteiger partial charge in [0, 0.05) is 23.1 Å². The lowest BCUT2D eigenvalue weighted by Gasteiger charge is -2.33. The molecule has 3 aromatic rings. The lowest BCUT2D eigenvalue weighted by atomic mass is 10.1. The molecule has 224 valence electrons. The van der Waals surface area contributed by atoms with Gasteiger partial charge in [-0.3, -0.25) is 13.9 Å². The molecule has 0 heterocycles. The summed E-state index contributed by atoms with van der Waals surface area (Å²) in [5.74, 6) is -0.183. The van der Waals surface area contributed by atoms with E-state index >= 15 is 0 Å². The van der Waals surface area contributed by atoms with Crippen LogP contribution in [0.2, 0.25) is 0 Å². The molecule has 1 atom stereocenters. The number of methoxy groups -OCH3 is 2. The SMILES string of the molecule is COc1ccc(OC)c(N(CC(=O)N(Cc2ccc(Br)cc2)C(C)C(=O)NC2CCCC2)S(=O)(=O)c2ccccc2)c1. The van der Waals surface area contributed by atoms with E-state index in [9.17, 15) is 18.0 Å². The van der Waals surface area contributed by atoms with E-state index in [2.05, 4.69) is 21.2 Å². The van der Waals surface area contributed by atoms with Crippen LogP contribution >= 0.6 is 15.9 Å². The number of hydrogen-bond acceptors (Lipinski definition) is 6. The van der Waals surface area contributed by atoms with E-state index in [0.29, 0.717) is 5.75 Å². The number of amides is 2. The van der Waals surface area contributed by atoms with Crippen LogP contribution in [-0.2, 0) is 26.2 Å². The van der Waals surface area contributed by atoms with Crippen LogP contribution in [-0.4, -0.2) is 58.0 Å². The molecule has 1 aliphatic rings. The Hall–Kier alpha value is -3.57. The first-order chi connectivity index (χ1) is 20.1. The highest BCUT2D eigenvalue weighted by Crippen LogP contribution is 2.36. The lowest BCUT2D eigenvalue weighted by Crippen LogP contribution is -2.52. The van der Waals surface area contributed by atoms with Gasteiger partial charge < -0.3 is 19.7 Å². The summed E-state index contributed by atoms with van der Waals surface area (Å²) >= 11 is 3.43. The molecular weight excluding hydrogens is 622 g/mol. The number of carbonyl (C=O) groups excluding carboxylic acids is 2. The monoisotopic (exact) mass is 657 g/mol. The summed E-state index contributed by atoms with van der Waals surface area (Å²) in [5, 5.41) is 3.07. The Morgan fingerprint density at radius 1 is 0.976 bits per heavy atom. The molecule has 11 heteroatoms. The number of benzene rings is 3. The molecule has 0 aromatic heterocycles. The average Bonchev–Trinajstić information content (AvgIpc) is 3.52. The molecule has 0 saturated heterocycles. The maximum Gasteiger partial charge on any atom is 0.264 e. The van der Waals surface area contributed by atoms with E-state index in [1.54, 1.807) is 37.3 Å². The summed E-state index contributed by atoms with van der Waals surface area (Å²) in [4.78, 5) is 29.0. The Morgan fingerprint density at radius 3 is 2.26 bits per heavy atom. The van der Waals surface area contributed by atoms with E-state index < -0.39 is 28.5 Å². The van der Waals surface area contributed by atoms with Gasteiger partial charge in [0.15, 0.2) is 0 Å². The smallest absolute Gasteiger partial charge is 0.264 e. The second-order valence-corrected chi connectivity index (χ2v) is 13.0. The van der Waals surface area contributed by atoms with E-state index in [-0.39, 0.29) is 34.8 Å².